The highest BCUT2D eigenvalue weighted by molar-refractivity contribution is 5.91. The molecule has 150 valence electrons. The number of nitrogens with zero attached hydrogens (tertiary/aromatic N) is 5. The number of hydrogen-bond acceptors (Lipinski definition) is 5. The average Bonchev–Trinajstić information content (AvgIpc) is 2.77. The number of hydrogen-bond donors (Lipinski definition) is 0. The molecule has 6 nitrogen and oxygen atoms in total. The second kappa shape index (κ2) is 8.55. The fourth-order valence-corrected chi connectivity index (χ4v) is 3.67. The number of pyridine rings is 1. The van der Waals surface area contributed by atoms with Crippen molar-refractivity contribution in [3.05, 3.63) is 48.8 Å². The van der Waals surface area contributed by atoms with Crippen molar-refractivity contribution in [2.45, 2.75) is 26.7 Å². The van der Waals surface area contributed by atoms with Gasteiger partial charge in [0.05, 0.1) is 5.52 Å². The molecule has 0 N–H and O–H groups in total. The van der Waals surface area contributed by atoms with Crippen LogP contribution in [0.2, 0.25) is 0 Å². The van der Waals surface area contributed by atoms with E-state index in [1.54, 1.807) is 12.4 Å². The number of anilines is 1. The summed E-state index contributed by atoms with van der Waals surface area (Å²) in [5.74, 6) is 2.47. The van der Waals surface area contributed by atoms with Crippen molar-refractivity contribution in [1.82, 2.24) is 19.9 Å². The molecule has 29 heavy (non-hydrogen) atoms. The van der Waals surface area contributed by atoms with Crippen LogP contribution in [0.5, 0.6) is 0 Å². The summed E-state index contributed by atoms with van der Waals surface area (Å²) in [4.78, 5) is 30.5. The quantitative estimate of drug-likeness (QED) is 0.665. The van der Waals surface area contributed by atoms with Gasteiger partial charge in [0.25, 0.3) is 0 Å². The second-order valence-corrected chi connectivity index (χ2v) is 7.92. The molecule has 0 saturated carbocycles. The lowest BCUT2D eigenvalue weighted by Crippen LogP contribution is -2.49. The van der Waals surface area contributed by atoms with E-state index in [1.165, 1.54) is 0 Å². The first kappa shape index (κ1) is 19.3. The highest BCUT2D eigenvalue weighted by atomic mass is 16.2. The molecule has 1 fully saturated rings. The van der Waals surface area contributed by atoms with Gasteiger partial charge in [-0.25, -0.2) is 9.97 Å². The molecule has 0 radical (unpaired) electrons. The Morgan fingerprint density at radius 2 is 1.72 bits per heavy atom. The van der Waals surface area contributed by atoms with Crippen molar-refractivity contribution in [3.63, 3.8) is 0 Å². The zero-order valence-corrected chi connectivity index (χ0v) is 17.1. The molecule has 0 aliphatic carbocycles. The van der Waals surface area contributed by atoms with Gasteiger partial charge in [0.1, 0.15) is 5.82 Å². The van der Waals surface area contributed by atoms with Crippen LogP contribution in [0.1, 0.15) is 26.7 Å². The zero-order chi connectivity index (χ0) is 20.2. The Labute approximate surface area is 171 Å². The maximum Gasteiger partial charge on any atom is 0.222 e. The van der Waals surface area contributed by atoms with E-state index in [0.717, 1.165) is 54.9 Å². The van der Waals surface area contributed by atoms with Gasteiger partial charge in [-0.1, -0.05) is 26.0 Å². The summed E-state index contributed by atoms with van der Waals surface area (Å²) >= 11 is 0. The Bertz CT molecular complexity index is 981. The summed E-state index contributed by atoms with van der Waals surface area (Å²) < 4.78 is 0. The highest BCUT2D eigenvalue weighted by Gasteiger charge is 2.23. The third-order valence-electron chi connectivity index (χ3n) is 5.39. The first-order valence-electron chi connectivity index (χ1n) is 10.3. The Kier molecular flexibility index (Phi) is 5.69. The summed E-state index contributed by atoms with van der Waals surface area (Å²) in [6.07, 6.45) is 5.11. The summed E-state index contributed by atoms with van der Waals surface area (Å²) in [7, 11) is 0. The maximum atomic E-state index is 12.5. The molecule has 0 unspecified atom stereocenters. The summed E-state index contributed by atoms with van der Waals surface area (Å²) in [5.41, 5.74) is 1.88. The van der Waals surface area contributed by atoms with Crippen molar-refractivity contribution in [2.75, 3.05) is 31.1 Å². The van der Waals surface area contributed by atoms with Crippen LogP contribution in [0.4, 0.5) is 5.82 Å². The number of rotatable bonds is 5. The lowest BCUT2D eigenvalue weighted by atomic mass is 10.1. The second-order valence-electron chi connectivity index (χ2n) is 7.92. The fourth-order valence-electron chi connectivity index (χ4n) is 3.67. The number of benzene rings is 1. The molecule has 0 spiro atoms. The average molecular weight is 390 g/mol. The SMILES string of the molecule is CC(C)CCC(=O)N1CCN(c2nc(-c3ccncc3)nc3ccccc23)CC1. The van der Waals surface area contributed by atoms with Crippen LogP contribution >= 0.6 is 0 Å². The third-order valence-corrected chi connectivity index (χ3v) is 5.39. The molecule has 1 aliphatic rings. The third kappa shape index (κ3) is 4.36. The molecule has 2 aromatic heterocycles. The van der Waals surface area contributed by atoms with Crippen molar-refractivity contribution in [2.24, 2.45) is 5.92 Å². The number of carbonyl (C=O) groups excluding carboxylic acids is 1. The van der Waals surface area contributed by atoms with E-state index in [-0.39, 0.29) is 5.91 Å². The predicted octanol–water partition coefficient (Wildman–Crippen LogP) is 3.78. The van der Waals surface area contributed by atoms with E-state index in [0.29, 0.717) is 18.2 Å². The number of fused-ring (bicyclic) bond motifs is 1. The largest absolute Gasteiger partial charge is 0.352 e. The maximum absolute atomic E-state index is 12.5. The molecular weight excluding hydrogens is 362 g/mol. The molecule has 1 amide bonds. The molecule has 0 bridgehead atoms. The van der Waals surface area contributed by atoms with Gasteiger partial charge in [-0.15, -0.1) is 0 Å². The molecule has 1 aromatic carbocycles. The molecule has 1 saturated heterocycles. The normalized spacial score (nSPS) is 14.6. The monoisotopic (exact) mass is 389 g/mol. The number of piperazine rings is 1. The Balaban J connectivity index is 1.57. The molecule has 1 aliphatic heterocycles. The standard InChI is InChI=1S/C23H27N5O/c1-17(2)7-8-21(29)27-13-15-28(16-14-27)23-19-5-3-4-6-20(19)25-22(26-23)18-9-11-24-12-10-18/h3-6,9-12,17H,7-8,13-16H2,1-2H3. The van der Waals surface area contributed by atoms with Crippen LogP contribution in [0, 0.1) is 5.92 Å². The van der Waals surface area contributed by atoms with Crippen LogP contribution in [0.25, 0.3) is 22.3 Å². The Morgan fingerprint density at radius 3 is 2.45 bits per heavy atom. The topological polar surface area (TPSA) is 62.2 Å². The van der Waals surface area contributed by atoms with Gasteiger partial charge in [-0.2, -0.15) is 0 Å². The molecule has 4 rings (SSSR count). The van der Waals surface area contributed by atoms with Crippen molar-refractivity contribution < 1.29 is 4.79 Å². The Morgan fingerprint density at radius 1 is 1.00 bits per heavy atom. The van der Waals surface area contributed by atoms with Crippen LogP contribution < -0.4 is 4.90 Å². The van der Waals surface area contributed by atoms with Gasteiger partial charge in [0, 0.05) is 55.9 Å². The molecule has 6 heteroatoms. The molecule has 3 aromatic rings. The molecule has 0 atom stereocenters. The van der Waals surface area contributed by atoms with Crippen molar-refractivity contribution in [1.29, 1.82) is 0 Å². The van der Waals surface area contributed by atoms with E-state index >= 15 is 0 Å². The van der Waals surface area contributed by atoms with E-state index in [9.17, 15) is 4.79 Å². The van der Waals surface area contributed by atoms with Gasteiger partial charge >= 0.3 is 0 Å². The smallest absolute Gasteiger partial charge is 0.222 e. The number of carbonyl (C=O) groups is 1. The van der Waals surface area contributed by atoms with Gasteiger partial charge in [0.2, 0.25) is 5.91 Å². The van der Waals surface area contributed by atoms with E-state index < -0.39 is 0 Å². The van der Waals surface area contributed by atoms with Crippen LogP contribution in [0.3, 0.4) is 0 Å². The minimum absolute atomic E-state index is 0.267. The lowest BCUT2D eigenvalue weighted by molar-refractivity contribution is -0.131. The van der Waals surface area contributed by atoms with E-state index in [4.69, 9.17) is 9.97 Å². The minimum Gasteiger partial charge on any atom is -0.352 e. The van der Waals surface area contributed by atoms with Crippen LogP contribution in [0.15, 0.2) is 48.8 Å². The highest BCUT2D eigenvalue weighted by Crippen LogP contribution is 2.28. The summed E-state index contributed by atoms with van der Waals surface area (Å²) in [6.45, 7) is 7.35. The van der Waals surface area contributed by atoms with Crippen LogP contribution in [-0.4, -0.2) is 51.9 Å². The first-order chi connectivity index (χ1) is 14.1. The lowest BCUT2D eigenvalue weighted by Gasteiger charge is -2.36. The fraction of sp³-hybridized carbons (Fsp3) is 0.391. The van der Waals surface area contributed by atoms with E-state index in [2.05, 4.69) is 29.8 Å². The summed E-state index contributed by atoms with van der Waals surface area (Å²) in [5, 5.41) is 1.05. The van der Waals surface area contributed by atoms with Gasteiger partial charge in [-0.3, -0.25) is 9.78 Å². The first-order valence-corrected chi connectivity index (χ1v) is 10.3. The number of para-hydroxylation sites is 1. The van der Waals surface area contributed by atoms with Crippen molar-refractivity contribution >= 4 is 22.6 Å². The van der Waals surface area contributed by atoms with Crippen molar-refractivity contribution in [3.8, 4) is 11.4 Å². The van der Waals surface area contributed by atoms with Gasteiger partial charge in [0.15, 0.2) is 5.82 Å². The number of aromatic nitrogens is 3. The predicted molar refractivity (Wildman–Crippen MR) is 116 cm³/mol. The molecular formula is C23H27N5O. The van der Waals surface area contributed by atoms with E-state index in [1.807, 2.05) is 35.2 Å². The Hall–Kier alpha value is -3.02. The zero-order valence-electron chi connectivity index (χ0n) is 17.1. The van der Waals surface area contributed by atoms with Gasteiger partial charge in [-0.05, 0) is 36.6 Å². The van der Waals surface area contributed by atoms with Gasteiger partial charge < -0.3 is 9.80 Å². The van der Waals surface area contributed by atoms with Crippen LogP contribution in [-0.2, 0) is 4.79 Å². The minimum atomic E-state index is 0.267. The number of amides is 1. The summed E-state index contributed by atoms with van der Waals surface area (Å²) in [6, 6.07) is 12.0. The molecule has 3 heterocycles.